The number of carbonyl (C=O) groups excluding carboxylic acids is 1. The first-order valence-corrected chi connectivity index (χ1v) is 9.20. The molecule has 0 saturated carbocycles. The quantitative estimate of drug-likeness (QED) is 0.842. The molecule has 2 heterocycles. The Morgan fingerprint density at radius 1 is 1.48 bits per heavy atom. The van der Waals surface area contributed by atoms with E-state index in [1.807, 2.05) is 13.8 Å². The molecule has 1 aliphatic carbocycles. The van der Waals surface area contributed by atoms with Crippen LogP contribution < -0.4 is 10.9 Å². The second kappa shape index (κ2) is 6.95. The average Bonchev–Trinajstić information content (AvgIpc) is 2.94. The number of aliphatic carboxylic acids is 1. The summed E-state index contributed by atoms with van der Waals surface area (Å²) in [5, 5.41) is 12.6. The fourth-order valence-corrected chi connectivity index (χ4v) is 4.38. The van der Waals surface area contributed by atoms with E-state index in [0.717, 1.165) is 17.7 Å². The summed E-state index contributed by atoms with van der Waals surface area (Å²) < 4.78 is 1.26. The van der Waals surface area contributed by atoms with Crippen molar-refractivity contribution in [2.45, 2.75) is 45.6 Å². The standard InChI is InChI=1S/C17H21N3O4S/c1-9(2)6-18-12(21)7-20-8-19-15-14(16(20)22)13-10(17(23)24)4-3-5-11(13)25-15/h8-10H,3-7H2,1-2H3,(H,18,21)(H,23,24). The number of nitrogens with zero attached hydrogens (tertiary/aromatic N) is 2. The van der Waals surface area contributed by atoms with Crippen LogP contribution in [0, 0.1) is 5.92 Å². The molecule has 1 unspecified atom stereocenters. The monoisotopic (exact) mass is 363 g/mol. The summed E-state index contributed by atoms with van der Waals surface area (Å²) in [6.45, 7) is 4.41. The number of hydrogen-bond acceptors (Lipinski definition) is 5. The zero-order valence-corrected chi connectivity index (χ0v) is 15.1. The highest BCUT2D eigenvalue weighted by atomic mass is 32.1. The molecule has 1 atom stereocenters. The highest BCUT2D eigenvalue weighted by Crippen LogP contribution is 2.40. The van der Waals surface area contributed by atoms with Crippen LogP contribution in [0.15, 0.2) is 11.1 Å². The second-order valence-electron chi connectivity index (χ2n) is 6.78. The molecule has 0 bridgehead atoms. The van der Waals surface area contributed by atoms with E-state index in [0.29, 0.717) is 34.7 Å². The van der Waals surface area contributed by atoms with Crippen molar-refractivity contribution in [1.29, 1.82) is 0 Å². The Morgan fingerprint density at radius 3 is 2.92 bits per heavy atom. The van der Waals surface area contributed by atoms with Crippen molar-refractivity contribution in [3.8, 4) is 0 Å². The van der Waals surface area contributed by atoms with Gasteiger partial charge < -0.3 is 10.4 Å². The van der Waals surface area contributed by atoms with Crippen LogP contribution in [0.5, 0.6) is 0 Å². The van der Waals surface area contributed by atoms with Gasteiger partial charge in [-0.1, -0.05) is 13.8 Å². The van der Waals surface area contributed by atoms with Gasteiger partial charge in [-0.15, -0.1) is 11.3 Å². The predicted octanol–water partition coefficient (Wildman–Crippen LogP) is 1.73. The molecule has 0 aliphatic heterocycles. The molecule has 1 amide bonds. The molecule has 25 heavy (non-hydrogen) atoms. The largest absolute Gasteiger partial charge is 0.481 e. The minimum Gasteiger partial charge on any atom is -0.481 e. The number of thiophene rings is 1. The third kappa shape index (κ3) is 3.44. The molecule has 134 valence electrons. The molecule has 0 radical (unpaired) electrons. The maximum atomic E-state index is 12.9. The number of nitrogens with one attached hydrogen (secondary N) is 1. The molecule has 0 saturated heterocycles. The Balaban J connectivity index is 1.99. The number of hydrogen-bond donors (Lipinski definition) is 2. The van der Waals surface area contributed by atoms with Crippen molar-refractivity contribution in [1.82, 2.24) is 14.9 Å². The topological polar surface area (TPSA) is 101 Å². The van der Waals surface area contributed by atoms with Crippen LogP contribution in [0.2, 0.25) is 0 Å². The number of carboxylic acids is 1. The highest BCUT2D eigenvalue weighted by Gasteiger charge is 2.32. The Kier molecular flexibility index (Phi) is 4.89. The Bertz CT molecular complexity index is 884. The van der Waals surface area contributed by atoms with E-state index in [4.69, 9.17) is 0 Å². The van der Waals surface area contributed by atoms with Crippen LogP contribution in [-0.4, -0.2) is 33.1 Å². The highest BCUT2D eigenvalue weighted by molar-refractivity contribution is 7.18. The number of aryl methyl sites for hydroxylation is 1. The van der Waals surface area contributed by atoms with E-state index < -0.39 is 11.9 Å². The number of carboxylic acid groups (broad SMARTS) is 1. The van der Waals surface area contributed by atoms with E-state index in [9.17, 15) is 19.5 Å². The van der Waals surface area contributed by atoms with Gasteiger partial charge in [0.15, 0.2) is 0 Å². The molecule has 2 aromatic heterocycles. The van der Waals surface area contributed by atoms with Gasteiger partial charge in [0.1, 0.15) is 11.4 Å². The first kappa shape index (κ1) is 17.6. The summed E-state index contributed by atoms with van der Waals surface area (Å²) in [6, 6.07) is 0. The fraction of sp³-hybridized carbons (Fsp3) is 0.529. The van der Waals surface area contributed by atoms with Crippen LogP contribution in [0.1, 0.15) is 43.0 Å². The van der Waals surface area contributed by atoms with Gasteiger partial charge in [-0.05, 0) is 30.7 Å². The lowest BCUT2D eigenvalue weighted by Crippen LogP contribution is -2.34. The Labute approximate surface area is 148 Å². The van der Waals surface area contributed by atoms with E-state index in [-0.39, 0.29) is 18.0 Å². The normalized spacial score (nSPS) is 16.8. The maximum Gasteiger partial charge on any atom is 0.311 e. The van der Waals surface area contributed by atoms with Crippen molar-refractivity contribution < 1.29 is 14.7 Å². The summed E-state index contributed by atoms with van der Waals surface area (Å²) in [4.78, 5) is 42.3. The lowest BCUT2D eigenvalue weighted by atomic mass is 9.86. The summed E-state index contributed by atoms with van der Waals surface area (Å²) >= 11 is 1.39. The van der Waals surface area contributed by atoms with Crippen molar-refractivity contribution >= 4 is 33.4 Å². The van der Waals surface area contributed by atoms with Crippen molar-refractivity contribution in [3.05, 3.63) is 27.1 Å². The van der Waals surface area contributed by atoms with Crippen LogP contribution >= 0.6 is 11.3 Å². The van der Waals surface area contributed by atoms with Crippen LogP contribution in [-0.2, 0) is 22.6 Å². The van der Waals surface area contributed by atoms with Crippen LogP contribution in [0.25, 0.3) is 10.2 Å². The first-order valence-electron chi connectivity index (χ1n) is 8.38. The smallest absolute Gasteiger partial charge is 0.311 e. The molecule has 1 aliphatic rings. The minimum atomic E-state index is -0.912. The van der Waals surface area contributed by atoms with Crippen molar-refractivity contribution in [3.63, 3.8) is 0 Å². The number of amides is 1. The van der Waals surface area contributed by atoms with E-state index in [1.165, 1.54) is 22.2 Å². The number of carbonyl (C=O) groups is 2. The fourth-order valence-electron chi connectivity index (χ4n) is 3.15. The Morgan fingerprint density at radius 2 is 2.24 bits per heavy atom. The minimum absolute atomic E-state index is 0.114. The first-order chi connectivity index (χ1) is 11.9. The van der Waals surface area contributed by atoms with Crippen molar-refractivity contribution in [2.24, 2.45) is 5.92 Å². The predicted molar refractivity (Wildman–Crippen MR) is 95.0 cm³/mol. The molecule has 3 rings (SSSR count). The lowest BCUT2D eigenvalue weighted by Gasteiger charge is -2.18. The number of aromatic nitrogens is 2. The molecule has 0 fully saturated rings. The second-order valence-corrected chi connectivity index (χ2v) is 7.86. The van der Waals surface area contributed by atoms with Gasteiger partial charge in [-0.3, -0.25) is 19.0 Å². The molecular weight excluding hydrogens is 342 g/mol. The summed E-state index contributed by atoms with van der Waals surface area (Å²) in [6.07, 6.45) is 3.46. The SMILES string of the molecule is CC(C)CNC(=O)Cn1cnc2sc3c(c2c1=O)C(C(=O)O)CCC3. The molecule has 0 spiro atoms. The lowest BCUT2D eigenvalue weighted by molar-refractivity contribution is -0.139. The van der Waals surface area contributed by atoms with Crippen LogP contribution in [0.3, 0.4) is 0 Å². The van der Waals surface area contributed by atoms with Gasteiger partial charge in [0.25, 0.3) is 5.56 Å². The molecule has 7 nitrogen and oxygen atoms in total. The molecule has 2 aromatic rings. The zero-order valence-electron chi connectivity index (χ0n) is 14.2. The number of fused-ring (bicyclic) bond motifs is 3. The summed E-state index contributed by atoms with van der Waals surface area (Å²) in [5.41, 5.74) is 0.267. The molecule has 8 heteroatoms. The number of rotatable bonds is 5. The van der Waals surface area contributed by atoms with Gasteiger partial charge in [0.05, 0.1) is 17.6 Å². The van der Waals surface area contributed by atoms with Gasteiger partial charge >= 0.3 is 5.97 Å². The van der Waals surface area contributed by atoms with E-state index >= 15 is 0 Å². The van der Waals surface area contributed by atoms with Gasteiger partial charge in [-0.25, -0.2) is 4.98 Å². The molecule has 2 N–H and O–H groups in total. The zero-order chi connectivity index (χ0) is 18.1. The van der Waals surface area contributed by atoms with Crippen LogP contribution in [0.4, 0.5) is 0 Å². The van der Waals surface area contributed by atoms with Gasteiger partial charge in [-0.2, -0.15) is 0 Å². The van der Waals surface area contributed by atoms with Gasteiger partial charge in [0, 0.05) is 11.4 Å². The average molecular weight is 363 g/mol. The van der Waals surface area contributed by atoms with E-state index in [1.54, 1.807) is 0 Å². The van der Waals surface area contributed by atoms with Gasteiger partial charge in [0.2, 0.25) is 5.91 Å². The molecular formula is C17H21N3O4S. The Hall–Kier alpha value is -2.22. The summed E-state index contributed by atoms with van der Waals surface area (Å²) in [5.74, 6) is -1.51. The van der Waals surface area contributed by atoms with E-state index in [2.05, 4.69) is 10.3 Å². The maximum absolute atomic E-state index is 12.9. The van der Waals surface area contributed by atoms with Crippen molar-refractivity contribution in [2.75, 3.05) is 6.54 Å². The third-order valence-electron chi connectivity index (χ3n) is 4.36. The third-order valence-corrected chi connectivity index (χ3v) is 5.53. The molecule has 0 aromatic carbocycles. The summed E-state index contributed by atoms with van der Waals surface area (Å²) in [7, 11) is 0.